The maximum Gasteiger partial charge on any atom is 0.359 e. The Morgan fingerprint density at radius 1 is 1.17 bits per heavy atom. The van der Waals surface area contributed by atoms with Crippen LogP contribution in [0.15, 0.2) is 36.7 Å². The van der Waals surface area contributed by atoms with Gasteiger partial charge in [0.2, 0.25) is 0 Å². The Bertz CT molecular complexity index is 1020. The summed E-state index contributed by atoms with van der Waals surface area (Å²) >= 11 is 0. The molecule has 0 fully saturated rings. The second-order valence-corrected chi connectivity index (χ2v) is 7.48. The predicted molar refractivity (Wildman–Crippen MR) is 111 cm³/mol. The van der Waals surface area contributed by atoms with Crippen LogP contribution in [0.25, 0.3) is 0 Å². The third-order valence-electron chi connectivity index (χ3n) is 5.34. The summed E-state index contributed by atoms with van der Waals surface area (Å²) in [5.41, 5.74) is 4.77. The van der Waals surface area contributed by atoms with E-state index in [0.29, 0.717) is 25.4 Å². The standard InChI is InChI=1S/C22H27N5O3/c1-4-30-22(28)21-19-15-26(13-17-11-23-25(2)12-17)10-9-20(19)27(24-21)14-16-5-7-18(29-3)8-6-16/h5-8,11-12H,4,9-10,13-15H2,1-3H3. The van der Waals surface area contributed by atoms with Gasteiger partial charge in [-0.15, -0.1) is 0 Å². The molecule has 1 aliphatic heterocycles. The van der Waals surface area contributed by atoms with Gasteiger partial charge in [0.1, 0.15) is 5.75 Å². The fourth-order valence-corrected chi connectivity index (χ4v) is 3.89. The lowest BCUT2D eigenvalue weighted by Crippen LogP contribution is -2.31. The molecule has 0 unspecified atom stereocenters. The summed E-state index contributed by atoms with van der Waals surface area (Å²) < 4.78 is 14.3. The van der Waals surface area contributed by atoms with Crippen LogP contribution in [0.5, 0.6) is 5.75 Å². The van der Waals surface area contributed by atoms with Crippen molar-refractivity contribution in [1.29, 1.82) is 0 Å². The molecule has 0 saturated heterocycles. The minimum atomic E-state index is -0.356. The number of carbonyl (C=O) groups is 1. The highest BCUT2D eigenvalue weighted by molar-refractivity contribution is 5.89. The van der Waals surface area contributed by atoms with Crippen LogP contribution in [-0.2, 0) is 37.8 Å². The van der Waals surface area contributed by atoms with Crippen molar-refractivity contribution in [1.82, 2.24) is 24.5 Å². The van der Waals surface area contributed by atoms with E-state index in [2.05, 4.69) is 15.1 Å². The van der Waals surface area contributed by atoms with E-state index in [1.807, 2.05) is 60.0 Å². The summed E-state index contributed by atoms with van der Waals surface area (Å²) in [6, 6.07) is 7.92. The molecule has 3 aromatic rings. The van der Waals surface area contributed by atoms with Gasteiger partial charge < -0.3 is 9.47 Å². The molecular formula is C22H27N5O3. The molecule has 0 saturated carbocycles. The summed E-state index contributed by atoms with van der Waals surface area (Å²) in [6.45, 7) is 5.11. The Balaban J connectivity index is 1.59. The van der Waals surface area contributed by atoms with Crippen molar-refractivity contribution in [3.63, 3.8) is 0 Å². The van der Waals surface area contributed by atoms with Crippen LogP contribution >= 0.6 is 0 Å². The smallest absolute Gasteiger partial charge is 0.359 e. The highest BCUT2D eigenvalue weighted by Crippen LogP contribution is 2.25. The van der Waals surface area contributed by atoms with E-state index in [0.717, 1.165) is 47.6 Å². The summed E-state index contributed by atoms with van der Waals surface area (Å²) in [5.74, 6) is 0.463. The van der Waals surface area contributed by atoms with Gasteiger partial charge in [-0.05, 0) is 24.6 Å². The quantitative estimate of drug-likeness (QED) is 0.558. The van der Waals surface area contributed by atoms with Gasteiger partial charge in [-0.25, -0.2) is 4.79 Å². The molecule has 0 amide bonds. The molecule has 0 bridgehead atoms. The van der Waals surface area contributed by atoms with Crippen LogP contribution in [0, 0.1) is 0 Å². The summed E-state index contributed by atoms with van der Waals surface area (Å²) in [4.78, 5) is 14.9. The van der Waals surface area contributed by atoms with Crippen molar-refractivity contribution in [3.05, 3.63) is 64.7 Å². The summed E-state index contributed by atoms with van der Waals surface area (Å²) in [5, 5.41) is 8.91. The summed E-state index contributed by atoms with van der Waals surface area (Å²) in [6.07, 6.45) is 4.74. The van der Waals surface area contributed by atoms with E-state index in [1.54, 1.807) is 7.11 Å². The van der Waals surface area contributed by atoms with Gasteiger partial charge in [0.05, 0.1) is 26.5 Å². The number of fused-ring (bicyclic) bond motifs is 1. The molecule has 0 radical (unpaired) electrons. The van der Waals surface area contributed by atoms with Gasteiger partial charge in [-0.2, -0.15) is 10.2 Å². The fourth-order valence-electron chi connectivity index (χ4n) is 3.89. The van der Waals surface area contributed by atoms with Crippen molar-refractivity contribution in [2.24, 2.45) is 7.05 Å². The van der Waals surface area contributed by atoms with Gasteiger partial charge in [0.15, 0.2) is 5.69 Å². The molecule has 1 aliphatic rings. The molecule has 8 heteroatoms. The molecule has 0 spiro atoms. The number of benzene rings is 1. The minimum Gasteiger partial charge on any atom is -0.497 e. The van der Waals surface area contributed by atoms with E-state index in [9.17, 15) is 4.79 Å². The highest BCUT2D eigenvalue weighted by atomic mass is 16.5. The van der Waals surface area contributed by atoms with Crippen LogP contribution in [0.2, 0.25) is 0 Å². The van der Waals surface area contributed by atoms with Gasteiger partial charge in [-0.3, -0.25) is 14.3 Å². The molecule has 2 aromatic heterocycles. The Morgan fingerprint density at radius 2 is 1.97 bits per heavy atom. The monoisotopic (exact) mass is 409 g/mol. The Hall–Kier alpha value is -3.13. The van der Waals surface area contributed by atoms with Crippen LogP contribution in [0.1, 0.15) is 39.8 Å². The Morgan fingerprint density at radius 3 is 2.63 bits per heavy atom. The Kier molecular flexibility index (Phi) is 5.85. The number of aryl methyl sites for hydroxylation is 1. The second kappa shape index (κ2) is 8.71. The predicted octanol–water partition coefficient (Wildman–Crippen LogP) is 2.41. The lowest BCUT2D eigenvalue weighted by Gasteiger charge is -2.27. The third-order valence-corrected chi connectivity index (χ3v) is 5.34. The average Bonchev–Trinajstić information content (AvgIpc) is 3.32. The molecule has 3 heterocycles. The number of nitrogens with zero attached hydrogens (tertiary/aromatic N) is 5. The second-order valence-electron chi connectivity index (χ2n) is 7.48. The van der Waals surface area contributed by atoms with Crippen molar-refractivity contribution in [3.8, 4) is 5.75 Å². The van der Waals surface area contributed by atoms with Crippen molar-refractivity contribution in [2.45, 2.75) is 33.0 Å². The first-order valence-corrected chi connectivity index (χ1v) is 10.2. The number of methoxy groups -OCH3 is 1. The first-order chi connectivity index (χ1) is 14.6. The molecule has 0 atom stereocenters. The molecular weight excluding hydrogens is 382 g/mol. The molecule has 158 valence electrons. The van der Waals surface area contributed by atoms with Crippen molar-refractivity contribution in [2.75, 3.05) is 20.3 Å². The number of aromatic nitrogens is 4. The van der Waals surface area contributed by atoms with Crippen LogP contribution in [0.3, 0.4) is 0 Å². The normalized spacial score (nSPS) is 13.8. The lowest BCUT2D eigenvalue weighted by molar-refractivity contribution is 0.0515. The van der Waals surface area contributed by atoms with Gasteiger partial charge in [0, 0.05) is 56.1 Å². The van der Waals surface area contributed by atoms with E-state index in [1.165, 1.54) is 0 Å². The molecule has 1 aromatic carbocycles. The maximum atomic E-state index is 12.6. The first-order valence-electron chi connectivity index (χ1n) is 10.2. The lowest BCUT2D eigenvalue weighted by atomic mass is 10.0. The third kappa shape index (κ3) is 4.23. The zero-order valence-corrected chi connectivity index (χ0v) is 17.7. The number of hydrogen-bond acceptors (Lipinski definition) is 6. The SMILES string of the molecule is CCOC(=O)c1nn(Cc2ccc(OC)cc2)c2c1CN(Cc1cnn(C)c1)CC2. The molecule has 0 N–H and O–H groups in total. The summed E-state index contributed by atoms with van der Waals surface area (Å²) in [7, 11) is 3.57. The van der Waals surface area contributed by atoms with Crippen LogP contribution in [0.4, 0.5) is 0 Å². The number of rotatable bonds is 7. The van der Waals surface area contributed by atoms with Gasteiger partial charge in [-0.1, -0.05) is 12.1 Å². The molecule has 4 rings (SSSR count). The van der Waals surface area contributed by atoms with Gasteiger partial charge in [0.25, 0.3) is 0 Å². The number of ether oxygens (including phenoxy) is 2. The average molecular weight is 409 g/mol. The fraction of sp³-hybridized carbons (Fsp3) is 0.409. The van der Waals surface area contributed by atoms with Crippen LogP contribution < -0.4 is 4.74 Å². The number of hydrogen-bond donors (Lipinski definition) is 0. The molecule has 30 heavy (non-hydrogen) atoms. The molecule has 0 aliphatic carbocycles. The maximum absolute atomic E-state index is 12.6. The van der Waals surface area contributed by atoms with E-state index in [-0.39, 0.29) is 5.97 Å². The van der Waals surface area contributed by atoms with Crippen molar-refractivity contribution < 1.29 is 14.3 Å². The Labute approximate surface area is 176 Å². The zero-order valence-electron chi connectivity index (χ0n) is 17.7. The first kappa shape index (κ1) is 20.2. The highest BCUT2D eigenvalue weighted by Gasteiger charge is 2.29. The zero-order chi connectivity index (χ0) is 21.1. The van der Waals surface area contributed by atoms with Crippen LogP contribution in [-0.4, -0.2) is 50.7 Å². The number of carbonyl (C=O) groups excluding carboxylic acids is 1. The number of esters is 1. The largest absolute Gasteiger partial charge is 0.497 e. The van der Waals surface area contributed by atoms with E-state index >= 15 is 0 Å². The topological polar surface area (TPSA) is 74.4 Å². The van der Waals surface area contributed by atoms with Gasteiger partial charge >= 0.3 is 5.97 Å². The van der Waals surface area contributed by atoms with E-state index < -0.39 is 0 Å². The molecule has 8 nitrogen and oxygen atoms in total. The van der Waals surface area contributed by atoms with E-state index in [4.69, 9.17) is 9.47 Å². The van der Waals surface area contributed by atoms with Crippen molar-refractivity contribution >= 4 is 5.97 Å². The minimum absolute atomic E-state index is 0.332.